The fourth-order valence-electron chi connectivity index (χ4n) is 3.07. The number of pyridine rings is 1. The van der Waals surface area contributed by atoms with Crippen molar-refractivity contribution in [2.45, 2.75) is 13.0 Å². The van der Waals surface area contributed by atoms with Crippen LogP contribution in [0, 0.1) is 0 Å². The lowest BCUT2D eigenvalue weighted by molar-refractivity contribution is -0.120. The number of aromatic nitrogens is 2. The van der Waals surface area contributed by atoms with E-state index in [4.69, 9.17) is 16.6 Å². The Morgan fingerprint density at radius 3 is 2.48 bits per heavy atom. The number of carbonyl (C=O) groups excluding carboxylic acids is 1. The van der Waals surface area contributed by atoms with Gasteiger partial charge in [-0.2, -0.15) is 0 Å². The minimum absolute atomic E-state index is 0.0419. The first-order valence-corrected chi connectivity index (χ1v) is 9.11. The molecule has 4 rings (SSSR count). The molecule has 0 spiro atoms. The zero-order chi connectivity index (χ0) is 18.6. The van der Waals surface area contributed by atoms with Crippen molar-refractivity contribution in [1.29, 1.82) is 0 Å². The highest BCUT2D eigenvalue weighted by molar-refractivity contribution is 6.30. The summed E-state index contributed by atoms with van der Waals surface area (Å²) in [5.74, 6) is -0.0419. The molecule has 5 heteroatoms. The van der Waals surface area contributed by atoms with E-state index in [1.807, 2.05) is 83.4 Å². The first kappa shape index (κ1) is 17.3. The molecule has 2 heterocycles. The number of hydrogen-bond acceptors (Lipinski definition) is 2. The number of hydrogen-bond donors (Lipinski definition) is 1. The van der Waals surface area contributed by atoms with E-state index < -0.39 is 0 Å². The van der Waals surface area contributed by atoms with Crippen LogP contribution in [0.25, 0.3) is 16.9 Å². The van der Waals surface area contributed by atoms with Gasteiger partial charge < -0.3 is 9.72 Å². The van der Waals surface area contributed by atoms with Gasteiger partial charge in [0, 0.05) is 23.3 Å². The maximum atomic E-state index is 12.6. The molecule has 4 nitrogen and oxygen atoms in total. The van der Waals surface area contributed by atoms with Crippen molar-refractivity contribution in [1.82, 2.24) is 14.7 Å². The Labute approximate surface area is 162 Å². The van der Waals surface area contributed by atoms with Crippen LogP contribution in [0.3, 0.4) is 0 Å². The summed E-state index contributed by atoms with van der Waals surface area (Å²) in [4.78, 5) is 17.3. The summed E-state index contributed by atoms with van der Waals surface area (Å²) < 4.78 is 1.96. The topological polar surface area (TPSA) is 46.4 Å². The third-order valence-corrected chi connectivity index (χ3v) is 4.66. The third kappa shape index (κ3) is 3.86. The maximum absolute atomic E-state index is 12.6. The summed E-state index contributed by atoms with van der Waals surface area (Å²) in [7, 11) is 0. The molecule has 0 radical (unpaired) electrons. The molecule has 0 saturated carbocycles. The number of halogens is 1. The van der Waals surface area contributed by atoms with Crippen LogP contribution in [-0.2, 0) is 17.8 Å². The average Bonchev–Trinajstić information content (AvgIpc) is 3.06. The molecule has 0 saturated heterocycles. The van der Waals surface area contributed by atoms with E-state index >= 15 is 0 Å². The Morgan fingerprint density at radius 1 is 0.963 bits per heavy atom. The van der Waals surface area contributed by atoms with Crippen molar-refractivity contribution in [3.05, 3.63) is 95.3 Å². The highest BCUT2D eigenvalue weighted by Gasteiger charge is 2.16. The second-order valence-electron chi connectivity index (χ2n) is 6.28. The van der Waals surface area contributed by atoms with Gasteiger partial charge >= 0.3 is 0 Å². The van der Waals surface area contributed by atoms with E-state index in [1.54, 1.807) is 0 Å². The molecule has 0 atom stereocenters. The van der Waals surface area contributed by atoms with E-state index in [-0.39, 0.29) is 12.3 Å². The SMILES string of the molecule is O=C(Cc1c(-c2ccc(Cl)cc2)nc2ccccn12)NCc1ccccc1. The Kier molecular flexibility index (Phi) is 4.90. The molecular formula is C22H18ClN3O. The van der Waals surface area contributed by atoms with Crippen LogP contribution in [0.2, 0.25) is 5.02 Å². The van der Waals surface area contributed by atoms with Gasteiger partial charge in [-0.15, -0.1) is 0 Å². The van der Waals surface area contributed by atoms with Crippen molar-refractivity contribution in [3.63, 3.8) is 0 Å². The Hall–Kier alpha value is -3.11. The van der Waals surface area contributed by atoms with Crippen LogP contribution in [0.15, 0.2) is 79.0 Å². The van der Waals surface area contributed by atoms with Gasteiger partial charge in [0.2, 0.25) is 5.91 Å². The summed E-state index contributed by atoms with van der Waals surface area (Å²) in [6, 6.07) is 23.2. The van der Waals surface area contributed by atoms with Crippen LogP contribution in [0.5, 0.6) is 0 Å². The lowest BCUT2D eigenvalue weighted by atomic mass is 10.1. The first-order chi connectivity index (χ1) is 13.2. The van der Waals surface area contributed by atoms with E-state index in [1.165, 1.54) is 0 Å². The van der Waals surface area contributed by atoms with Crippen molar-refractivity contribution >= 4 is 23.2 Å². The zero-order valence-corrected chi connectivity index (χ0v) is 15.4. The number of nitrogens with one attached hydrogen (secondary N) is 1. The number of imidazole rings is 1. The fourth-order valence-corrected chi connectivity index (χ4v) is 3.19. The predicted octanol–water partition coefficient (Wildman–Crippen LogP) is 4.51. The molecule has 0 bridgehead atoms. The van der Waals surface area contributed by atoms with Gasteiger partial charge in [0.25, 0.3) is 0 Å². The molecule has 0 aliphatic heterocycles. The van der Waals surface area contributed by atoms with Crippen LogP contribution >= 0.6 is 11.6 Å². The van der Waals surface area contributed by atoms with Crippen LogP contribution < -0.4 is 5.32 Å². The number of fused-ring (bicyclic) bond motifs is 1. The van der Waals surface area contributed by atoms with E-state index in [9.17, 15) is 4.79 Å². The van der Waals surface area contributed by atoms with Crippen molar-refractivity contribution in [2.75, 3.05) is 0 Å². The maximum Gasteiger partial charge on any atom is 0.226 e. The van der Waals surface area contributed by atoms with Gasteiger partial charge in [-0.05, 0) is 29.8 Å². The molecule has 2 aromatic carbocycles. The minimum Gasteiger partial charge on any atom is -0.352 e. The average molecular weight is 376 g/mol. The molecular weight excluding hydrogens is 358 g/mol. The number of nitrogens with zero attached hydrogens (tertiary/aromatic N) is 2. The molecule has 27 heavy (non-hydrogen) atoms. The Balaban J connectivity index is 1.62. The van der Waals surface area contributed by atoms with Gasteiger partial charge in [0.15, 0.2) is 0 Å². The number of rotatable bonds is 5. The van der Waals surface area contributed by atoms with E-state index in [2.05, 4.69) is 5.32 Å². The van der Waals surface area contributed by atoms with Crippen molar-refractivity contribution in [2.24, 2.45) is 0 Å². The number of benzene rings is 2. The molecule has 4 aromatic rings. The zero-order valence-electron chi connectivity index (χ0n) is 14.6. The van der Waals surface area contributed by atoms with E-state index in [0.29, 0.717) is 11.6 Å². The second kappa shape index (κ2) is 7.64. The normalized spacial score (nSPS) is 10.9. The summed E-state index contributed by atoms with van der Waals surface area (Å²) >= 11 is 6.01. The molecule has 0 fully saturated rings. The minimum atomic E-state index is -0.0419. The molecule has 0 aliphatic carbocycles. The second-order valence-corrected chi connectivity index (χ2v) is 6.72. The lowest BCUT2D eigenvalue weighted by Gasteiger charge is -2.08. The van der Waals surface area contributed by atoms with Gasteiger partial charge in [-0.25, -0.2) is 4.98 Å². The summed E-state index contributed by atoms with van der Waals surface area (Å²) in [5, 5.41) is 3.66. The molecule has 0 aliphatic rings. The lowest BCUT2D eigenvalue weighted by Crippen LogP contribution is -2.25. The molecule has 1 amide bonds. The predicted molar refractivity (Wildman–Crippen MR) is 108 cm³/mol. The highest BCUT2D eigenvalue weighted by atomic mass is 35.5. The molecule has 2 aromatic heterocycles. The molecule has 134 valence electrons. The Morgan fingerprint density at radius 2 is 1.70 bits per heavy atom. The Bertz CT molecular complexity index is 1070. The largest absolute Gasteiger partial charge is 0.352 e. The van der Waals surface area contributed by atoms with E-state index in [0.717, 1.165) is 28.2 Å². The van der Waals surface area contributed by atoms with Gasteiger partial charge in [0.1, 0.15) is 5.65 Å². The highest BCUT2D eigenvalue weighted by Crippen LogP contribution is 2.26. The van der Waals surface area contributed by atoms with Crippen molar-refractivity contribution in [3.8, 4) is 11.3 Å². The molecule has 1 N–H and O–H groups in total. The van der Waals surface area contributed by atoms with Gasteiger partial charge in [-0.1, -0.05) is 60.1 Å². The fraction of sp³-hybridized carbons (Fsp3) is 0.0909. The van der Waals surface area contributed by atoms with Crippen LogP contribution in [0.1, 0.15) is 11.3 Å². The summed E-state index contributed by atoms with van der Waals surface area (Å²) in [6.07, 6.45) is 2.18. The standard InChI is InChI=1S/C22H18ClN3O/c23-18-11-9-17(10-12-18)22-19(26-13-5-4-8-20(26)25-22)14-21(27)24-15-16-6-2-1-3-7-16/h1-13H,14-15H2,(H,24,27). The monoisotopic (exact) mass is 375 g/mol. The van der Waals surface area contributed by atoms with Gasteiger partial charge in [0.05, 0.1) is 17.8 Å². The van der Waals surface area contributed by atoms with Crippen LogP contribution in [-0.4, -0.2) is 15.3 Å². The third-order valence-electron chi connectivity index (χ3n) is 4.41. The molecule has 0 unspecified atom stereocenters. The number of amides is 1. The smallest absolute Gasteiger partial charge is 0.226 e. The van der Waals surface area contributed by atoms with Crippen LogP contribution in [0.4, 0.5) is 0 Å². The first-order valence-electron chi connectivity index (χ1n) is 8.73. The summed E-state index contributed by atoms with van der Waals surface area (Å²) in [5.41, 5.74) is 4.48. The van der Waals surface area contributed by atoms with Crippen molar-refractivity contribution < 1.29 is 4.79 Å². The van der Waals surface area contributed by atoms with Gasteiger partial charge in [-0.3, -0.25) is 4.79 Å². The number of carbonyl (C=O) groups is 1. The quantitative estimate of drug-likeness (QED) is 0.557. The summed E-state index contributed by atoms with van der Waals surface area (Å²) in [6.45, 7) is 0.507.